The molecule has 2 rings (SSSR count). The van der Waals surface area contributed by atoms with Crippen LogP contribution in [0.2, 0.25) is 0 Å². The van der Waals surface area contributed by atoms with Gasteiger partial charge in [-0.2, -0.15) is 0 Å². The average Bonchev–Trinajstić information content (AvgIpc) is 2.27. The predicted molar refractivity (Wildman–Crippen MR) is 66.5 cm³/mol. The van der Waals surface area contributed by atoms with Crippen LogP contribution in [0.15, 0.2) is 23.1 Å². The molecule has 1 amide bonds. The molecule has 0 atom stereocenters. The highest BCUT2D eigenvalue weighted by atomic mass is 32.2. The summed E-state index contributed by atoms with van der Waals surface area (Å²) in [6.07, 6.45) is 0. The molecule has 0 unspecified atom stereocenters. The number of hydrogen-bond acceptors (Lipinski definition) is 3. The Morgan fingerprint density at radius 3 is 2.82 bits per heavy atom. The highest BCUT2D eigenvalue weighted by Gasteiger charge is 2.30. The van der Waals surface area contributed by atoms with Gasteiger partial charge in [0, 0.05) is 4.90 Å². The number of thioether (sulfide) groups is 1. The molecule has 1 aliphatic rings. The van der Waals surface area contributed by atoms with E-state index in [0.717, 1.165) is 4.90 Å². The summed E-state index contributed by atoms with van der Waals surface area (Å²) in [7, 11) is 0. The van der Waals surface area contributed by atoms with Crippen LogP contribution >= 0.6 is 11.8 Å². The van der Waals surface area contributed by atoms with Gasteiger partial charge in [-0.05, 0) is 31.5 Å². The Balaban J connectivity index is 2.43. The Kier molecular flexibility index (Phi) is 2.87. The predicted octanol–water partition coefficient (Wildman–Crippen LogP) is 2.09. The first-order chi connectivity index (χ1) is 7.91. The molecule has 5 heteroatoms. The maximum Gasteiger partial charge on any atom is 0.313 e. The number of fused-ring (bicyclic) bond motifs is 1. The number of rotatable bonds is 2. The van der Waals surface area contributed by atoms with Crippen molar-refractivity contribution < 1.29 is 14.7 Å². The van der Waals surface area contributed by atoms with E-state index in [-0.39, 0.29) is 5.91 Å². The first kappa shape index (κ1) is 12.0. The summed E-state index contributed by atoms with van der Waals surface area (Å²) >= 11 is 1.47. The summed E-state index contributed by atoms with van der Waals surface area (Å²) in [5.41, 5.74) is 0.437. The van der Waals surface area contributed by atoms with E-state index in [1.807, 2.05) is 6.07 Å². The van der Waals surface area contributed by atoms with E-state index in [9.17, 15) is 9.59 Å². The van der Waals surface area contributed by atoms with Gasteiger partial charge in [-0.15, -0.1) is 11.8 Å². The molecule has 0 aliphatic carbocycles. The van der Waals surface area contributed by atoms with Crippen molar-refractivity contribution >= 4 is 29.3 Å². The molecular formula is C12H13NO3S. The number of amides is 1. The zero-order valence-corrected chi connectivity index (χ0v) is 10.4. The molecule has 0 saturated carbocycles. The van der Waals surface area contributed by atoms with Gasteiger partial charge in [0.15, 0.2) is 0 Å². The molecule has 0 bridgehead atoms. The van der Waals surface area contributed by atoms with Crippen molar-refractivity contribution in [2.75, 3.05) is 11.1 Å². The van der Waals surface area contributed by atoms with Crippen molar-refractivity contribution in [3.63, 3.8) is 0 Å². The fourth-order valence-corrected chi connectivity index (χ4v) is 2.38. The van der Waals surface area contributed by atoms with Gasteiger partial charge in [0.25, 0.3) is 0 Å². The lowest BCUT2D eigenvalue weighted by atomic mass is 9.84. The zero-order valence-electron chi connectivity index (χ0n) is 9.61. The smallest absolute Gasteiger partial charge is 0.313 e. The van der Waals surface area contributed by atoms with Gasteiger partial charge < -0.3 is 10.4 Å². The molecule has 0 fully saturated rings. The average molecular weight is 251 g/mol. The van der Waals surface area contributed by atoms with Crippen molar-refractivity contribution in [2.45, 2.75) is 24.2 Å². The lowest BCUT2D eigenvalue weighted by molar-refractivity contribution is -0.142. The Morgan fingerprint density at radius 2 is 2.18 bits per heavy atom. The molecule has 0 aromatic heterocycles. The minimum absolute atomic E-state index is 0.0484. The van der Waals surface area contributed by atoms with Crippen LogP contribution in [0.3, 0.4) is 0 Å². The summed E-state index contributed by atoms with van der Waals surface area (Å²) in [6, 6.07) is 5.41. The normalized spacial score (nSPS) is 15.1. The van der Waals surface area contributed by atoms with E-state index < -0.39 is 11.4 Å². The third-order valence-electron chi connectivity index (χ3n) is 2.87. The van der Waals surface area contributed by atoms with Gasteiger partial charge in [0.05, 0.1) is 16.9 Å². The fraction of sp³-hybridized carbons (Fsp3) is 0.333. The van der Waals surface area contributed by atoms with Gasteiger partial charge in [-0.25, -0.2) is 0 Å². The van der Waals surface area contributed by atoms with Crippen LogP contribution in [0.25, 0.3) is 0 Å². The molecule has 4 nitrogen and oxygen atoms in total. The van der Waals surface area contributed by atoms with Crippen LogP contribution in [0.1, 0.15) is 19.4 Å². The summed E-state index contributed by atoms with van der Waals surface area (Å²) in [5.74, 6) is -0.519. The Labute approximate surface area is 103 Å². The van der Waals surface area contributed by atoms with E-state index in [4.69, 9.17) is 5.11 Å². The number of aliphatic carboxylic acids is 1. The second-order valence-electron chi connectivity index (χ2n) is 4.48. The lowest BCUT2D eigenvalue weighted by Crippen LogP contribution is -2.29. The quantitative estimate of drug-likeness (QED) is 0.844. The number of hydrogen-bond donors (Lipinski definition) is 2. The van der Waals surface area contributed by atoms with E-state index in [2.05, 4.69) is 5.32 Å². The number of nitrogens with one attached hydrogen (secondary N) is 1. The van der Waals surface area contributed by atoms with Crippen LogP contribution in [-0.4, -0.2) is 22.7 Å². The van der Waals surface area contributed by atoms with E-state index >= 15 is 0 Å². The number of carbonyl (C=O) groups is 2. The van der Waals surface area contributed by atoms with Crippen molar-refractivity contribution in [1.82, 2.24) is 0 Å². The number of anilines is 1. The minimum atomic E-state index is -0.956. The first-order valence-corrected chi connectivity index (χ1v) is 6.20. The first-order valence-electron chi connectivity index (χ1n) is 5.22. The van der Waals surface area contributed by atoms with Gasteiger partial charge in [-0.3, -0.25) is 9.59 Å². The monoisotopic (exact) mass is 251 g/mol. The molecule has 1 aromatic carbocycles. The second kappa shape index (κ2) is 4.07. The number of carboxylic acids is 1. The Bertz CT molecular complexity index is 497. The second-order valence-corrected chi connectivity index (χ2v) is 5.50. The lowest BCUT2D eigenvalue weighted by Gasteiger charge is -2.23. The van der Waals surface area contributed by atoms with Crippen LogP contribution in [0, 0.1) is 0 Å². The number of carbonyl (C=O) groups excluding carboxylic acids is 1. The molecule has 0 spiro atoms. The van der Waals surface area contributed by atoms with Crippen molar-refractivity contribution in [3.05, 3.63) is 23.8 Å². The van der Waals surface area contributed by atoms with Crippen LogP contribution in [-0.2, 0) is 15.0 Å². The summed E-state index contributed by atoms with van der Waals surface area (Å²) in [5, 5.41) is 11.9. The summed E-state index contributed by atoms with van der Waals surface area (Å²) in [6.45, 7) is 3.30. The number of carboxylic acid groups (broad SMARTS) is 1. The molecule has 1 aliphatic heterocycles. The molecule has 1 heterocycles. The minimum Gasteiger partial charge on any atom is -0.481 e. The van der Waals surface area contributed by atoms with Crippen molar-refractivity contribution in [2.24, 2.45) is 0 Å². The third kappa shape index (κ3) is 2.15. The largest absolute Gasteiger partial charge is 0.481 e. The van der Waals surface area contributed by atoms with Gasteiger partial charge >= 0.3 is 5.97 Å². The van der Waals surface area contributed by atoms with Crippen LogP contribution in [0.5, 0.6) is 0 Å². The maximum atomic E-state index is 11.3. The summed E-state index contributed by atoms with van der Waals surface area (Å²) < 4.78 is 0. The SMILES string of the molecule is CC(C)(C(=O)O)c1ccc2c(c1)NC(=O)CS2. The summed E-state index contributed by atoms with van der Waals surface area (Å²) in [4.78, 5) is 23.4. The standard InChI is InChI=1S/C12H13NO3S/c1-12(2,11(15)16)7-3-4-9-8(5-7)13-10(14)6-17-9/h3-5H,6H2,1-2H3,(H,13,14)(H,15,16). The molecule has 17 heavy (non-hydrogen) atoms. The molecule has 0 saturated heterocycles. The van der Waals surface area contributed by atoms with Gasteiger partial charge in [0.1, 0.15) is 0 Å². The topological polar surface area (TPSA) is 66.4 Å². The van der Waals surface area contributed by atoms with Crippen molar-refractivity contribution in [1.29, 1.82) is 0 Å². The van der Waals surface area contributed by atoms with Gasteiger partial charge in [0.2, 0.25) is 5.91 Å². The Morgan fingerprint density at radius 1 is 1.47 bits per heavy atom. The molecule has 2 N–H and O–H groups in total. The van der Waals surface area contributed by atoms with Crippen LogP contribution < -0.4 is 5.32 Å². The Hall–Kier alpha value is -1.49. The number of benzene rings is 1. The molecule has 1 aromatic rings. The zero-order chi connectivity index (χ0) is 12.6. The van der Waals surface area contributed by atoms with E-state index in [0.29, 0.717) is 17.0 Å². The highest BCUT2D eigenvalue weighted by Crippen LogP contribution is 2.35. The third-order valence-corrected chi connectivity index (χ3v) is 3.94. The van der Waals surface area contributed by atoms with Gasteiger partial charge in [-0.1, -0.05) is 6.07 Å². The highest BCUT2D eigenvalue weighted by molar-refractivity contribution is 8.00. The molecule has 0 radical (unpaired) electrons. The molecule has 90 valence electrons. The maximum absolute atomic E-state index is 11.3. The van der Waals surface area contributed by atoms with E-state index in [1.54, 1.807) is 26.0 Å². The van der Waals surface area contributed by atoms with Crippen molar-refractivity contribution in [3.8, 4) is 0 Å². The van der Waals surface area contributed by atoms with E-state index in [1.165, 1.54) is 11.8 Å². The molecular weight excluding hydrogens is 238 g/mol. The van der Waals surface area contributed by atoms with Crippen LogP contribution in [0.4, 0.5) is 5.69 Å². The fourth-order valence-electron chi connectivity index (χ4n) is 1.60.